The van der Waals surface area contributed by atoms with Crippen LogP contribution in [0.3, 0.4) is 0 Å². The number of nitrogens with zero attached hydrogens (tertiary/aromatic N) is 1. The van der Waals surface area contributed by atoms with Crippen LogP contribution in [0.1, 0.15) is 30.1 Å². The van der Waals surface area contributed by atoms with E-state index in [-0.39, 0.29) is 11.7 Å². The number of imide groups is 1. The fourth-order valence-corrected chi connectivity index (χ4v) is 3.39. The lowest BCUT2D eigenvalue weighted by Crippen LogP contribution is -2.46. The molecule has 1 aliphatic carbocycles. The van der Waals surface area contributed by atoms with E-state index in [1.165, 1.54) is 0 Å². The van der Waals surface area contributed by atoms with Crippen LogP contribution in [0.5, 0.6) is 0 Å². The molecule has 2 aliphatic rings. The van der Waals surface area contributed by atoms with Crippen molar-refractivity contribution in [1.82, 2.24) is 10.2 Å². The maximum Gasteiger partial charge on any atom is 0.326 e. The highest BCUT2D eigenvalue weighted by atomic mass is 32.2. The molecule has 1 heterocycles. The lowest BCUT2D eigenvalue weighted by molar-refractivity contribution is -0.146. The van der Waals surface area contributed by atoms with Gasteiger partial charge in [-0.3, -0.25) is 19.3 Å². The molecule has 1 aromatic carbocycles. The number of Topliss-reactive ketones (excluding diaryl/α,β-unsaturated/α-hetero) is 1. The number of ketones is 1. The molecule has 1 N–H and O–H groups in total. The molecule has 8 heteroatoms. The fraction of sp³-hybridized carbons (Fsp3) is 0.444. The number of hydrogen-bond acceptors (Lipinski definition) is 6. The highest BCUT2D eigenvalue weighted by Gasteiger charge is 2.56. The molecule has 1 aliphatic heterocycles. The Balaban J connectivity index is 1.53. The molecule has 26 heavy (non-hydrogen) atoms. The van der Waals surface area contributed by atoms with Gasteiger partial charge in [0, 0.05) is 10.5 Å². The predicted molar refractivity (Wildman–Crippen MR) is 94.9 cm³/mol. The molecular weight excluding hydrogens is 356 g/mol. The Bertz CT molecular complexity index is 759. The van der Waals surface area contributed by atoms with Crippen molar-refractivity contribution in [1.29, 1.82) is 0 Å². The molecule has 0 aromatic heterocycles. The van der Waals surface area contributed by atoms with Gasteiger partial charge in [0.2, 0.25) is 0 Å². The van der Waals surface area contributed by atoms with Crippen LogP contribution in [0.25, 0.3) is 0 Å². The van der Waals surface area contributed by atoms with Crippen LogP contribution in [0.2, 0.25) is 0 Å². The minimum Gasteiger partial charge on any atom is -0.456 e. The first-order chi connectivity index (χ1) is 12.3. The number of urea groups is 1. The second-order valence-electron chi connectivity index (χ2n) is 6.61. The molecule has 138 valence electrons. The number of benzene rings is 1. The van der Waals surface area contributed by atoms with Crippen molar-refractivity contribution >= 4 is 35.5 Å². The SMILES string of the molecule is CSc1ccc(C(=O)COC(=O)CN2C(=O)NC(C)(C3CC3)C2=O)cc1. The van der Waals surface area contributed by atoms with Gasteiger partial charge in [-0.15, -0.1) is 11.8 Å². The summed E-state index contributed by atoms with van der Waals surface area (Å²) in [6.07, 6.45) is 3.69. The topological polar surface area (TPSA) is 92.8 Å². The Morgan fingerprint density at radius 2 is 1.92 bits per heavy atom. The van der Waals surface area contributed by atoms with Crippen molar-refractivity contribution in [3.05, 3.63) is 29.8 Å². The van der Waals surface area contributed by atoms with Gasteiger partial charge in [-0.05, 0) is 44.1 Å². The summed E-state index contributed by atoms with van der Waals surface area (Å²) in [7, 11) is 0. The van der Waals surface area contributed by atoms with Crippen LogP contribution in [-0.2, 0) is 14.3 Å². The van der Waals surface area contributed by atoms with E-state index in [2.05, 4.69) is 5.32 Å². The van der Waals surface area contributed by atoms with Crippen LogP contribution in [0, 0.1) is 5.92 Å². The average Bonchev–Trinajstić information content (AvgIpc) is 3.46. The Labute approximate surface area is 155 Å². The molecule has 1 saturated carbocycles. The van der Waals surface area contributed by atoms with Crippen molar-refractivity contribution in [3.8, 4) is 0 Å². The van der Waals surface area contributed by atoms with Gasteiger partial charge in [-0.1, -0.05) is 12.1 Å². The van der Waals surface area contributed by atoms with Crippen LogP contribution in [-0.4, -0.2) is 53.5 Å². The number of carbonyl (C=O) groups excluding carboxylic acids is 4. The lowest BCUT2D eigenvalue weighted by atomic mass is 9.96. The quantitative estimate of drug-likeness (QED) is 0.338. The summed E-state index contributed by atoms with van der Waals surface area (Å²) in [4.78, 5) is 50.4. The normalized spacial score (nSPS) is 22.3. The molecule has 1 saturated heterocycles. The standard InChI is InChI=1S/C18H20N2O5S/c1-18(12-5-6-12)16(23)20(17(24)19-18)9-15(22)25-10-14(21)11-3-7-13(26-2)8-4-11/h3-4,7-8,12H,5-6,9-10H2,1-2H3,(H,19,24). The maximum absolute atomic E-state index is 12.4. The first-order valence-electron chi connectivity index (χ1n) is 8.32. The molecular formula is C18H20N2O5S. The number of thioether (sulfide) groups is 1. The highest BCUT2D eigenvalue weighted by molar-refractivity contribution is 7.98. The van der Waals surface area contributed by atoms with Gasteiger partial charge in [0.15, 0.2) is 12.4 Å². The van der Waals surface area contributed by atoms with E-state index in [0.29, 0.717) is 5.56 Å². The summed E-state index contributed by atoms with van der Waals surface area (Å²) in [5.74, 6) is -1.43. The molecule has 3 rings (SSSR count). The number of nitrogens with one attached hydrogen (secondary N) is 1. The molecule has 3 amide bonds. The number of carbonyl (C=O) groups is 4. The van der Waals surface area contributed by atoms with Gasteiger partial charge in [-0.2, -0.15) is 0 Å². The van der Waals surface area contributed by atoms with Gasteiger partial charge in [-0.25, -0.2) is 4.79 Å². The van der Waals surface area contributed by atoms with Crippen molar-refractivity contribution in [3.63, 3.8) is 0 Å². The monoisotopic (exact) mass is 376 g/mol. The summed E-state index contributed by atoms with van der Waals surface area (Å²) in [6.45, 7) is 0.755. The molecule has 1 aromatic rings. The lowest BCUT2D eigenvalue weighted by Gasteiger charge is -2.20. The molecule has 7 nitrogen and oxygen atoms in total. The smallest absolute Gasteiger partial charge is 0.326 e. The first kappa shape index (κ1) is 18.4. The number of ether oxygens (including phenoxy) is 1. The van der Waals surface area contributed by atoms with E-state index in [4.69, 9.17) is 4.74 Å². The number of esters is 1. The Morgan fingerprint density at radius 1 is 1.27 bits per heavy atom. The summed E-state index contributed by atoms with van der Waals surface area (Å²) in [5.41, 5.74) is -0.501. The van der Waals surface area contributed by atoms with Gasteiger partial charge in [0.05, 0.1) is 0 Å². The number of rotatable bonds is 7. The van der Waals surface area contributed by atoms with E-state index in [1.807, 2.05) is 18.4 Å². The highest BCUT2D eigenvalue weighted by Crippen LogP contribution is 2.42. The summed E-state index contributed by atoms with van der Waals surface area (Å²) >= 11 is 1.56. The molecule has 1 unspecified atom stereocenters. The van der Waals surface area contributed by atoms with Crippen molar-refractivity contribution < 1.29 is 23.9 Å². The van der Waals surface area contributed by atoms with Crippen molar-refractivity contribution in [2.24, 2.45) is 5.92 Å². The van der Waals surface area contributed by atoms with E-state index < -0.39 is 36.6 Å². The van der Waals surface area contributed by atoms with Gasteiger partial charge in [0.1, 0.15) is 12.1 Å². The third-order valence-electron chi connectivity index (χ3n) is 4.76. The van der Waals surface area contributed by atoms with E-state index >= 15 is 0 Å². The van der Waals surface area contributed by atoms with Gasteiger partial charge < -0.3 is 10.1 Å². The summed E-state index contributed by atoms with van der Waals surface area (Å²) in [6, 6.07) is 6.36. The minimum atomic E-state index is -0.938. The number of hydrogen-bond donors (Lipinski definition) is 1. The molecule has 0 radical (unpaired) electrons. The zero-order chi connectivity index (χ0) is 18.9. The summed E-state index contributed by atoms with van der Waals surface area (Å²) in [5, 5.41) is 2.66. The fourth-order valence-electron chi connectivity index (χ4n) is 2.98. The third kappa shape index (κ3) is 3.60. The second-order valence-corrected chi connectivity index (χ2v) is 7.49. The zero-order valence-corrected chi connectivity index (χ0v) is 15.4. The average molecular weight is 376 g/mol. The second kappa shape index (κ2) is 7.11. The van der Waals surface area contributed by atoms with Crippen LogP contribution in [0.4, 0.5) is 4.79 Å². The Kier molecular flexibility index (Phi) is 5.04. The third-order valence-corrected chi connectivity index (χ3v) is 5.50. The predicted octanol–water partition coefficient (Wildman–Crippen LogP) is 1.85. The molecule has 1 atom stereocenters. The van der Waals surface area contributed by atoms with Crippen LogP contribution < -0.4 is 5.32 Å². The zero-order valence-electron chi connectivity index (χ0n) is 14.6. The molecule has 0 bridgehead atoms. The van der Waals surface area contributed by atoms with E-state index in [1.54, 1.807) is 30.8 Å². The Hall–Kier alpha value is -2.35. The van der Waals surface area contributed by atoms with Crippen molar-refractivity contribution in [2.75, 3.05) is 19.4 Å². The maximum atomic E-state index is 12.4. The first-order valence-corrected chi connectivity index (χ1v) is 9.54. The molecule has 0 spiro atoms. The van der Waals surface area contributed by atoms with Gasteiger partial charge in [0.25, 0.3) is 5.91 Å². The number of amides is 3. The van der Waals surface area contributed by atoms with E-state index in [0.717, 1.165) is 22.6 Å². The van der Waals surface area contributed by atoms with Crippen LogP contribution in [0.15, 0.2) is 29.2 Å². The molecule has 2 fully saturated rings. The van der Waals surface area contributed by atoms with Crippen molar-refractivity contribution in [2.45, 2.75) is 30.2 Å². The van der Waals surface area contributed by atoms with E-state index in [9.17, 15) is 19.2 Å². The van der Waals surface area contributed by atoms with Crippen LogP contribution >= 0.6 is 11.8 Å². The summed E-state index contributed by atoms with van der Waals surface area (Å²) < 4.78 is 4.95. The largest absolute Gasteiger partial charge is 0.456 e. The van der Waals surface area contributed by atoms with Gasteiger partial charge >= 0.3 is 12.0 Å². The Morgan fingerprint density at radius 3 is 2.50 bits per heavy atom. The minimum absolute atomic E-state index is 0.116.